The summed E-state index contributed by atoms with van der Waals surface area (Å²) in [7, 11) is 0. The number of aliphatic carboxylic acids is 1. The van der Waals surface area contributed by atoms with Crippen LogP contribution < -0.4 is 5.32 Å². The van der Waals surface area contributed by atoms with Gasteiger partial charge in [0.1, 0.15) is 0 Å². The van der Waals surface area contributed by atoms with E-state index in [1.54, 1.807) is 0 Å². The van der Waals surface area contributed by atoms with E-state index in [0.29, 0.717) is 25.8 Å². The molecule has 1 aromatic rings. The first-order chi connectivity index (χ1) is 8.61. The van der Waals surface area contributed by atoms with Crippen LogP contribution in [0.25, 0.3) is 0 Å². The second-order valence-electron chi connectivity index (χ2n) is 3.80. The molecule has 1 rings (SSSR count). The molecule has 2 N–H and O–H groups in total. The quantitative estimate of drug-likeness (QED) is 0.572. The zero-order chi connectivity index (χ0) is 13.4. The largest absolute Gasteiger partial charge is 0.481 e. The van der Waals surface area contributed by atoms with Crippen molar-refractivity contribution in [2.75, 3.05) is 6.54 Å². The Kier molecular flexibility index (Phi) is 5.76. The van der Waals surface area contributed by atoms with E-state index >= 15 is 0 Å². The number of carboxylic acids is 1. The minimum Gasteiger partial charge on any atom is -0.481 e. The van der Waals surface area contributed by atoms with Crippen LogP contribution in [-0.2, 0) is 4.79 Å². The van der Waals surface area contributed by atoms with Crippen molar-refractivity contribution < 1.29 is 19.1 Å². The monoisotopic (exact) mass is 254 g/mol. The number of rotatable bonds is 7. The Labute approximate surface area is 104 Å². The lowest BCUT2D eigenvalue weighted by molar-refractivity contribution is -0.137. The van der Waals surface area contributed by atoms with Crippen LogP contribution in [0.15, 0.2) is 18.3 Å². The molecule has 18 heavy (non-hydrogen) atoms. The maximum Gasteiger partial charge on any atom is 0.303 e. The number of unbranched alkanes of at least 4 members (excludes halogenated alkanes) is 2. The van der Waals surface area contributed by atoms with Crippen LogP contribution in [0, 0.1) is 5.95 Å². The third-order valence-electron chi connectivity index (χ3n) is 2.36. The summed E-state index contributed by atoms with van der Waals surface area (Å²) < 4.78 is 13.1. The highest BCUT2D eigenvalue weighted by atomic mass is 19.1. The number of carboxylic acid groups (broad SMARTS) is 1. The van der Waals surface area contributed by atoms with Gasteiger partial charge in [0.05, 0.1) is 5.56 Å². The van der Waals surface area contributed by atoms with Crippen molar-refractivity contribution in [3.05, 3.63) is 29.8 Å². The molecule has 0 aromatic carbocycles. The highest BCUT2D eigenvalue weighted by Gasteiger charge is 2.10. The highest BCUT2D eigenvalue weighted by molar-refractivity contribution is 5.94. The Balaban J connectivity index is 2.22. The van der Waals surface area contributed by atoms with Crippen molar-refractivity contribution in [1.82, 2.24) is 10.3 Å². The van der Waals surface area contributed by atoms with Crippen LogP contribution in [0.4, 0.5) is 4.39 Å². The zero-order valence-electron chi connectivity index (χ0n) is 9.86. The molecule has 0 radical (unpaired) electrons. The molecule has 0 fully saturated rings. The van der Waals surface area contributed by atoms with Gasteiger partial charge in [0.25, 0.3) is 5.91 Å². The number of carbonyl (C=O) groups is 2. The first-order valence-corrected chi connectivity index (χ1v) is 5.72. The van der Waals surface area contributed by atoms with Crippen LogP contribution in [0.5, 0.6) is 0 Å². The molecule has 5 nitrogen and oxygen atoms in total. The maximum absolute atomic E-state index is 13.1. The third kappa shape index (κ3) is 4.90. The standard InChI is InChI=1S/C12H15FN2O3/c13-11-9(5-4-8-14-11)12(18)15-7-3-1-2-6-10(16)17/h4-5,8H,1-3,6-7H2,(H,15,18)(H,16,17). The van der Waals surface area contributed by atoms with Crippen LogP contribution in [0.3, 0.4) is 0 Å². The Morgan fingerprint density at radius 3 is 2.78 bits per heavy atom. The number of aromatic nitrogens is 1. The number of amides is 1. The molecule has 0 aliphatic rings. The molecular formula is C12H15FN2O3. The summed E-state index contributed by atoms with van der Waals surface area (Å²) in [5, 5.41) is 11.0. The van der Waals surface area contributed by atoms with E-state index in [1.807, 2.05) is 0 Å². The minimum atomic E-state index is -0.823. The van der Waals surface area contributed by atoms with E-state index in [1.165, 1.54) is 18.3 Å². The number of pyridine rings is 1. The second kappa shape index (κ2) is 7.37. The molecule has 98 valence electrons. The van der Waals surface area contributed by atoms with Crippen LogP contribution >= 0.6 is 0 Å². The predicted molar refractivity (Wildman–Crippen MR) is 62.6 cm³/mol. The summed E-state index contributed by atoms with van der Waals surface area (Å²) in [6.45, 7) is 0.396. The fourth-order valence-corrected chi connectivity index (χ4v) is 1.43. The van der Waals surface area contributed by atoms with E-state index in [-0.39, 0.29) is 12.0 Å². The molecule has 0 saturated heterocycles. The maximum atomic E-state index is 13.1. The molecule has 6 heteroatoms. The van der Waals surface area contributed by atoms with Gasteiger partial charge in [-0.25, -0.2) is 4.98 Å². The van der Waals surface area contributed by atoms with E-state index in [9.17, 15) is 14.0 Å². The molecular weight excluding hydrogens is 239 g/mol. The van der Waals surface area contributed by atoms with E-state index in [2.05, 4.69) is 10.3 Å². The number of hydrogen-bond acceptors (Lipinski definition) is 3. The average molecular weight is 254 g/mol. The van der Waals surface area contributed by atoms with Gasteiger partial charge in [0, 0.05) is 19.2 Å². The van der Waals surface area contributed by atoms with Crippen LogP contribution in [-0.4, -0.2) is 28.5 Å². The number of halogens is 1. The molecule has 1 heterocycles. The summed E-state index contributed by atoms with van der Waals surface area (Å²) in [4.78, 5) is 25.2. The Hall–Kier alpha value is -1.98. The average Bonchev–Trinajstić information content (AvgIpc) is 2.33. The first kappa shape index (κ1) is 14.1. The lowest BCUT2D eigenvalue weighted by Crippen LogP contribution is -2.25. The van der Waals surface area contributed by atoms with Crippen molar-refractivity contribution in [2.24, 2.45) is 0 Å². The summed E-state index contributed by atoms with van der Waals surface area (Å²) in [5.74, 6) is -2.11. The predicted octanol–water partition coefficient (Wildman–Crippen LogP) is 1.60. The summed E-state index contributed by atoms with van der Waals surface area (Å²) in [6, 6.07) is 2.85. The molecule has 0 bridgehead atoms. The van der Waals surface area contributed by atoms with Gasteiger partial charge in [-0.05, 0) is 25.0 Å². The second-order valence-corrected chi connectivity index (χ2v) is 3.80. The molecule has 0 atom stereocenters. The van der Waals surface area contributed by atoms with Crippen LogP contribution in [0.1, 0.15) is 36.0 Å². The normalized spacial score (nSPS) is 10.1. The van der Waals surface area contributed by atoms with Gasteiger partial charge in [-0.3, -0.25) is 9.59 Å². The van der Waals surface area contributed by atoms with E-state index in [0.717, 1.165) is 0 Å². The lowest BCUT2D eigenvalue weighted by atomic mass is 10.2. The third-order valence-corrected chi connectivity index (χ3v) is 2.36. The van der Waals surface area contributed by atoms with Crippen molar-refractivity contribution in [2.45, 2.75) is 25.7 Å². The Bertz CT molecular complexity index is 424. The molecule has 0 unspecified atom stereocenters. The SMILES string of the molecule is O=C(O)CCCCCNC(=O)c1cccnc1F. The minimum absolute atomic E-state index is 0.0805. The summed E-state index contributed by atoms with van der Waals surface area (Å²) >= 11 is 0. The van der Waals surface area contributed by atoms with Crippen molar-refractivity contribution in [3.63, 3.8) is 0 Å². The van der Waals surface area contributed by atoms with Crippen LogP contribution in [0.2, 0.25) is 0 Å². The topological polar surface area (TPSA) is 79.3 Å². The molecule has 1 aromatic heterocycles. The van der Waals surface area contributed by atoms with Crippen molar-refractivity contribution >= 4 is 11.9 Å². The van der Waals surface area contributed by atoms with Crippen molar-refractivity contribution in [3.8, 4) is 0 Å². The zero-order valence-corrected chi connectivity index (χ0v) is 9.86. The molecule has 0 saturated carbocycles. The van der Waals surface area contributed by atoms with Gasteiger partial charge in [0.2, 0.25) is 5.95 Å². The number of carbonyl (C=O) groups excluding carboxylic acids is 1. The molecule has 0 spiro atoms. The fourth-order valence-electron chi connectivity index (χ4n) is 1.43. The van der Waals surface area contributed by atoms with Gasteiger partial charge in [-0.1, -0.05) is 6.42 Å². The van der Waals surface area contributed by atoms with Crippen molar-refractivity contribution in [1.29, 1.82) is 0 Å². The number of nitrogens with one attached hydrogen (secondary N) is 1. The summed E-state index contributed by atoms with van der Waals surface area (Å²) in [6.07, 6.45) is 3.36. The van der Waals surface area contributed by atoms with E-state index < -0.39 is 17.8 Å². The first-order valence-electron chi connectivity index (χ1n) is 5.72. The molecule has 1 amide bonds. The number of hydrogen-bond donors (Lipinski definition) is 2. The van der Waals surface area contributed by atoms with Gasteiger partial charge in [0.15, 0.2) is 0 Å². The van der Waals surface area contributed by atoms with Gasteiger partial charge < -0.3 is 10.4 Å². The molecule has 0 aliphatic heterocycles. The van der Waals surface area contributed by atoms with Gasteiger partial charge >= 0.3 is 5.97 Å². The highest BCUT2D eigenvalue weighted by Crippen LogP contribution is 2.03. The molecule has 0 aliphatic carbocycles. The lowest BCUT2D eigenvalue weighted by Gasteiger charge is -2.05. The smallest absolute Gasteiger partial charge is 0.303 e. The fraction of sp³-hybridized carbons (Fsp3) is 0.417. The summed E-state index contributed by atoms with van der Waals surface area (Å²) in [5.41, 5.74) is -0.0805. The van der Waals surface area contributed by atoms with Gasteiger partial charge in [-0.2, -0.15) is 4.39 Å². The number of nitrogens with zero attached hydrogens (tertiary/aromatic N) is 1. The van der Waals surface area contributed by atoms with Gasteiger partial charge in [-0.15, -0.1) is 0 Å². The van der Waals surface area contributed by atoms with E-state index in [4.69, 9.17) is 5.11 Å². The Morgan fingerprint density at radius 2 is 2.11 bits per heavy atom. The Morgan fingerprint density at radius 1 is 1.33 bits per heavy atom.